The van der Waals surface area contributed by atoms with Crippen molar-refractivity contribution < 1.29 is 71.2 Å². The van der Waals surface area contributed by atoms with Crippen LogP contribution in [0.4, 0.5) is 0 Å². The van der Waals surface area contributed by atoms with E-state index in [1.165, 1.54) is 122 Å². The third-order valence-electron chi connectivity index (χ3n) is 7.18. The quantitative estimate of drug-likeness (QED) is 0.0470. The molecule has 0 rings (SSSR count). The van der Waals surface area contributed by atoms with Crippen molar-refractivity contribution in [2.75, 3.05) is 52.9 Å². The molecule has 13 N–H and O–H groups in total. The number of rotatable bonds is 30. The number of unbranched alkanes of at least 4 members (excludes halogenated alkanes) is 20. The predicted octanol–water partition coefficient (Wildman–Crippen LogP) is 2.00. The Labute approximate surface area is 302 Å². The molecule has 14 heteroatoms. The third kappa shape index (κ3) is 68.9. The molecule has 0 spiro atoms. The summed E-state index contributed by atoms with van der Waals surface area (Å²) in [5.41, 5.74) is 0. The summed E-state index contributed by atoms with van der Waals surface area (Å²) in [6.07, 6.45) is 25.2. The van der Waals surface area contributed by atoms with Gasteiger partial charge in [-0.1, -0.05) is 135 Å². The number of carbonyl (C=O) groups is 1. The summed E-state index contributed by atoms with van der Waals surface area (Å²) in [4.78, 5) is 10.4. The number of carboxylic acids is 1. The number of aliphatic carboxylic acids is 1. The number of aliphatic hydroxyl groups is 12. The van der Waals surface area contributed by atoms with Crippen LogP contribution in [-0.4, -0.2) is 150 Å². The Bertz CT molecular complexity index is 519. The normalized spacial score (nSPS) is 10.6. The summed E-state index contributed by atoms with van der Waals surface area (Å²) < 4.78 is 0. The molecule has 0 saturated heterocycles. The lowest BCUT2D eigenvalue weighted by Crippen LogP contribution is -2.15. The van der Waals surface area contributed by atoms with E-state index in [9.17, 15) is 4.79 Å². The Morgan fingerprint density at radius 1 is 0.340 bits per heavy atom. The van der Waals surface area contributed by atoms with Crippen molar-refractivity contribution in [3.05, 3.63) is 0 Å². The van der Waals surface area contributed by atoms with Gasteiger partial charge >= 0.3 is 5.97 Å². The van der Waals surface area contributed by atoms with Crippen molar-refractivity contribution in [1.29, 1.82) is 0 Å². The van der Waals surface area contributed by atoms with Crippen LogP contribution in [0.1, 0.15) is 148 Å². The van der Waals surface area contributed by atoms with Crippen LogP contribution in [-0.2, 0) is 4.79 Å². The highest BCUT2D eigenvalue weighted by atomic mass is 16.4. The molecule has 0 aliphatic heterocycles. The van der Waals surface area contributed by atoms with Crippen LogP contribution >= 0.6 is 0 Å². The zero-order valence-electron chi connectivity index (χ0n) is 31.2. The monoisotopic (exact) mass is 737 g/mol. The Kier molecular flexibility index (Phi) is 63.9. The third-order valence-corrected chi connectivity index (χ3v) is 7.18. The molecule has 0 aromatic carbocycles. The summed E-state index contributed by atoms with van der Waals surface area (Å²) in [6, 6.07) is 0. The maximum absolute atomic E-state index is 10.4. The predicted molar refractivity (Wildman–Crippen MR) is 196 cm³/mol. The highest BCUT2D eigenvalue weighted by molar-refractivity contribution is 5.66. The Balaban J connectivity index is -0.000000224. The minimum absolute atomic E-state index is 0.346. The summed E-state index contributed by atoms with van der Waals surface area (Å²) in [7, 11) is 0. The lowest BCUT2D eigenvalue weighted by atomic mass is 10.0. The van der Waals surface area contributed by atoms with Crippen LogP contribution in [0.2, 0.25) is 0 Å². The maximum atomic E-state index is 10.4. The zero-order chi connectivity index (χ0) is 39.1. The van der Waals surface area contributed by atoms with Gasteiger partial charge in [-0.25, -0.2) is 0 Å². The molecule has 0 unspecified atom stereocenters. The second-order valence-corrected chi connectivity index (χ2v) is 12.3. The molecule has 0 saturated carbocycles. The van der Waals surface area contributed by atoms with E-state index in [0.29, 0.717) is 6.42 Å². The standard InChI is InChI=1S/C24H48O2.4C3H8O3/c1-2-3-4-5-6-7-8-9-10-11-12-13-14-15-16-17-18-19-20-21-22-23-24(25)26;4*4-1-3(6)2-5/h2-23H2,1H3,(H,25,26);4*3-6H,1-2H2. The first kappa shape index (κ1) is 58.3. The second-order valence-electron chi connectivity index (χ2n) is 12.3. The van der Waals surface area contributed by atoms with Crippen LogP contribution in [0.15, 0.2) is 0 Å². The maximum Gasteiger partial charge on any atom is 0.303 e. The summed E-state index contributed by atoms with van der Waals surface area (Å²) in [5.74, 6) is -0.650. The van der Waals surface area contributed by atoms with Gasteiger partial charge in [-0.2, -0.15) is 0 Å². The fourth-order valence-electron chi connectivity index (χ4n) is 3.94. The van der Waals surface area contributed by atoms with E-state index < -0.39 is 30.4 Å². The summed E-state index contributed by atoms with van der Waals surface area (Å²) >= 11 is 0. The molecule has 308 valence electrons. The summed E-state index contributed by atoms with van der Waals surface area (Å²) in [6.45, 7) is -0.629. The van der Waals surface area contributed by atoms with Gasteiger partial charge in [0.1, 0.15) is 24.4 Å². The Morgan fingerprint density at radius 3 is 0.620 bits per heavy atom. The van der Waals surface area contributed by atoms with Crippen molar-refractivity contribution in [3.8, 4) is 0 Å². The van der Waals surface area contributed by atoms with Crippen LogP contribution in [0.5, 0.6) is 0 Å². The lowest BCUT2D eigenvalue weighted by Gasteiger charge is -2.04. The fourth-order valence-corrected chi connectivity index (χ4v) is 3.94. The topological polar surface area (TPSA) is 280 Å². The molecule has 50 heavy (non-hydrogen) atoms. The smallest absolute Gasteiger partial charge is 0.303 e. The Morgan fingerprint density at radius 2 is 0.500 bits per heavy atom. The molecular formula is C36H80O14. The van der Waals surface area contributed by atoms with Crippen molar-refractivity contribution in [1.82, 2.24) is 0 Å². The van der Waals surface area contributed by atoms with E-state index in [1.54, 1.807) is 0 Å². The highest BCUT2D eigenvalue weighted by Crippen LogP contribution is 2.15. The first-order valence-corrected chi connectivity index (χ1v) is 18.8. The van der Waals surface area contributed by atoms with Gasteiger partial charge in [-0.15, -0.1) is 0 Å². The molecular weight excluding hydrogens is 656 g/mol. The first-order valence-electron chi connectivity index (χ1n) is 18.8. The molecule has 0 fully saturated rings. The molecule has 14 nitrogen and oxygen atoms in total. The molecule has 0 atom stereocenters. The zero-order valence-corrected chi connectivity index (χ0v) is 31.2. The van der Waals surface area contributed by atoms with E-state index in [4.69, 9.17) is 66.4 Å². The number of hydrogen-bond acceptors (Lipinski definition) is 13. The van der Waals surface area contributed by atoms with E-state index >= 15 is 0 Å². The number of aliphatic hydroxyl groups excluding tert-OH is 12. The van der Waals surface area contributed by atoms with Gasteiger partial charge in [0, 0.05) is 6.42 Å². The molecule has 0 aliphatic carbocycles. The van der Waals surface area contributed by atoms with Crippen LogP contribution in [0.25, 0.3) is 0 Å². The van der Waals surface area contributed by atoms with Gasteiger partial charge in [-0.3, -0.25) is 4.79 Å². The molecule has 0 aromatic rings. The highest BCUT2D eigenvalue weighted by Gasteiger charge is 1.98. The molecule has 0 aliphatic rings. The molecule has 0 amide bonds. The van der Waals surface area contributed by atoms with Crippen LogP contribution in [0.3, 0.4) is 0 Å². The van der Waals surface area contributed by atoms with Gasteiger partial charge in [0.15, 0.2) is 0 Å². The van der Waals surface area contributed by atoms with E-state index in [-0.39, 0.29) is 52.9 Å². The lowest BCUT2D eigenvalue weighted by molar-refractivity contribution is -0.137. The van der Waals surface area contributed by atoms with Crippen LogP contribution < -0.4 is 0 Å². The average molecular weight is 737 g/mol. The van der Waals surface area contributed by atoms with Gasteiger partial charge in [0.05, 0.1) is 52.9 Å². The van der Waals surface area contributed by atoms with Gasteiger partial charge in [0.25, 0.3) is 0 Å². The molecule has 0 aromatic heterocycles. The van der Waals surface area contributed by atoms with Gasteiger partial charge in [-0.05, 0) is 6.42 Å². The van der Waals surface area contributed by atoms with E-state index in [2.05, 4.69) is 6.92 Å². The molecule has 0 heterocycles. The number of carboxylic acid groups (broad SMARTS) is 1. The fraction of sp³-hybridized carbons (Fsp3) is 0.972. The van der Waals surface area contributed by atoms with Crippen LogP contribution in [0, 0.1) is 0 Å². The second kappa shape index (κ2) is 54.8. The van der Waals surface area contributed by atoms with E-state index in [0.717, 1.165) is 12.8 Å². The van der Waals surface area contributed by atoms with Crippen molar-refractivity contribution in [2.45, 2.75) is 173 Å². The average Bonchev–Trinajstić information content (AvgIpc) is 3.14. The number of hydrogen-bond donors (Lipinski definition) is 13. The Hall–Kier alpha value is -1.01. The molecule has 0 radical (unpaired) electrons. The van der Waals surface area contributed by atoms with Crippen molar-refractivity contribution in [3.63, 3.8) is 0 Å². The molecule has 0 bridgehead atoms. The summed E-state index contributed by atoms with van der Waals surface area (Å²) in [5, 5.41) is 105. The largest absolute Gasteiger partial charge is 0.481 e. The SMILES string of the molecule is CCCCCCCCCCCCCCCCCCCCCCCC(=O)O.OCC(O)CO.OCC(O)CO.OCC(O)CO.OCC(O)CO. The van der Waals surface area contributed by atoms with Gasteiger partial charge < -0.3 is 66.4 Å². The minimum atomic E-state index is -0.954. The van der Waals surface area contributed by atoms with Gasteiger partial charge in [0.2, 0.25) is 0 Å². The first-order chi connectivity index (χ1) is 24.0. The minimum Gasteiger partial charge on any atom is -0.481 e. The van der Waals surface area contributed by atoms with Crippen molar-refractivity contribution >= 4 is 5.97 Å². The van der Waals surface area contributed by atoms with E-state index in [1.807, 2.05) is 0 Å². The van der Waals surface area contributed by atoms with Crippen molar-refractivity contribution in [2.24, 2.45) is 0 Å².